The van der Waals surface area contributed by atoms with Gasteiger partial charge in [-0.15, -0.1) is 11.3 Å². The number of benzene rings is 1. The average Bonchev–Trinajstić information content (AvgIpc) is 2.82. The smallest absolute Gasteiger partial charge is 0.178 e. The maximum absolute atomic E-state index is 10.8. The number of ether oxygens (including phenoxy) is 2. The van der Waals surface area contributed by atoms with Crippen LogP contribution >= 0.6 is 11.3 Å². The highest BCUT2D eigenvalue weighted by molar-refractivity contribution is 7.13. The molecule has 1 aromatic heterocycles. The molecule has 0 saturated heterocycles. The quantitative estimate of drug-likeness (QED) is 0.761. The van der Waals surface area contributed by atoms with E-state index in [4.69, 9.17) is 9.47 Å². The Bertz CT molecular complexity index is 607. The summed E-state index contributed by atoms with van der Waals surface area (Å²) in [5.41, 5.74) is 1.75. The van der Waals surface area contributed by atoms with E-state index in [0.717, 1.165) is 28.2 Å². The van der Waals surface area contributed by atoms with E-state index in [0.29, 0.717) is 24.0 Å². The lowest BCUT2D eigenvalue weighted by molar-refractivity contribution is 0.112. The molecular weight excluding hydrogens is 274 g/mol. The third-order valence-corrected chi connectivity index (χ3v) is 3.63. The number of carbonyl (C=O) groups is 1. The molecule has 20 heavy (non-hydrogen) atoms. The van der Waals surface area contributed by atoms with Gasteiger partial charge >= 0.3 is 0 Å². The summed E-state index contributed by atoms with van der Waals surface area (Å²) in [5, 5.41) is 0.490. The van der Waals surface area contributed by atoms with Gasteiger partial charge < -0.3 is 9.47 Å². The van der Waals surface area contributed by atoms with E-state index < -0.39 is 0 Å². The first-order valence-corrected chi connectivity index (χ1v) is 7.33. The van der Waals surface area contributed by atoms with E-state index >= 15 is 0 Å². The van der Waals surface area contributed by atoms with Gasteiger partial charge in [0.05, 0.1) is 18.9 Å². The molecule has 0 radical (unpaired) electrons. The lowest BCUT2D eigenvalue weighted by Crippen LogP contribution is -1.98. The van der Waals surface area contributed by atoms with Crippen molar-refractivity contribution in [2.24, 2.45) is 0 Å². The van der Waals surface area contributed by atoms with Crippen LogP contribution in [0.15, 0.2) is 18.2 Å². The second-order valence-electron chi connectivity index (χ2n) is 4.10. The van der Waals surface area contributed by atoms with Gasteiger partial charge in [0.25, 0.3) is 0 Å². The molecule has 0 unspecified atom stereocenters. The summed E-state index contributed by atoms with van der Waals surface area (Å²) in [6.07, 6.45) is 0.777. The Hall–Kier alpha value is -1.88. The van der Waals surface area contributed by atoms with Crippen LogP contribution in [0.25, 0.3) is 11.3 Å². The van der Waals surface area contributed by atoms with Crippen LogP contribution in [0.1, 0.15) is 28.5 Å². The third kappa shape index (κ3) is 2.99. The van der Waals surface area contributed by atoms with E-state index in [2.05, 4.69) is 4.98 Å². The van der Waals surface area contributed by atoms with Crippen LogP contribution in [0.3, 0.4) is 0 Å². The van der Waals surface area contributed by atoms with E-state index in [-0.39, 0.29) is 0 Å². The van der Waals surface area contributed by atoms with Crippen molar-refractivity contribution in [1.82, 2.24) is 4.98 Å². The summed E-state index contributed by atoms with van der Waals surface area (Å²) in [6, 6.07) is 5.72. The van der Waals surface area contributed by atoms with Crippen molar-refractivity contribution in [1.29, 1.82) is 0 Å². The van der Waals surface area contributed by atoms with Gasteiger partial charge in [-0.1, -0.05) is 0 Å². The minimum absolute atomic E-state index is 0.490. The van der Waals surface area contributed by atoms with Crippen LogP contribution < -0.4 is 9.47 Å². The standard InChI is InChI=1S/C15H17NO3S/c1-4-18-12-7-6-11(8-13(12)19-5-2)15-10(3)20-14(9-17)16-15/h6-9H,4-5H2,1-3H3. The van der Waals surface area contributed by atoms with Crippen molar-refractivity contribution < 1.29 is 14.3 Å². The number of thiazole rings is 1. The fourth-order valence-corrected chi connectivity index (χ4v) is 2.69. The zero-order valence-electron chi connectivity index (χ0n) is 11.8. The maximum Gasteiger partial charge on any atom is 0.178 e. The number of nitrogens with zero attached hydrogens (tertiary/aromatic N) is 1. The molecule has 4 nitrogen and oxygen atoms in total. The van der Waals surface area contributed by atoms with Crippen molar-refractivity contribution in [2.75, 3.05) is 13.2 Å². The first-order valence-electron chi connectivity index (χ1n) is 6.52. The van der Waals surface area contributed by atoms with Crippen molar-refractivity contribution in [3.05, 3.63) is 28.1 Å². The van der Waals surface area contributed by atoms with Crippen LogP contribution in [-0.2, 0) is 0 Å². The normalized spacial score (nSPS) is 10.3. The molecule has 0 bridgehead atoms. The topological polar surface area (TPSA) is 48.4 Å². The fraction of sp³-hybridized carbons (Fsp3) is 0.333. The lowest BCUT2D eigenvalue weighted by atomic mass is 10.1. The predicted molar refractivity (Wildman–Crippen MR) is 80.0 cm³/mol. The molecule has 0 saturated carbocycles. The molecule has 0 amide bonds. The molecule has 0 spiro atoms. The Balaban J connectivity index is 2.43. The summed E-state index contributed by atoms with van der Waals surface area (Å²) < 4.78 is 11.1. The highest BCUT2D eigenvalue weighted by atomic mass is 32.1. The van der Waals surface area contributed by atoms with Crippen LogP contribution in [-0.4, -0.2) is 24.5 Å². The Morgan fingerprint density at radius 3 is 2.50 bits per heavy atom. The van der Waals surface area contributed by atoms with E-state index in [1.165, 1.54) is 11.3 Å². The second-order valence-corrected chi connectivity index (χ2v) is 5.34. The van der Waals surface area contributed by atoms with Gasteiger partial charge in [0.2, 0.25) is 0 Å². The minimum Gasteiger partial charge on any atom is -0.490 e. The van der Waals surface area contributed by atoms with Crippen LogP contribution in [0.4, 0.5) is 0 Å². The summed E-state index contributed by atoms with van der Waals surface area (Å²) >= 11 is 1.39. The first kappa shape index (κ1) is 14.5. The Morgan fingerprint density at radius 2 is 1.90 bits per heavy atom. The van der Waals surface area contributed by atoms with E-state index in [1.807, 2.05) is 39.0 Å². The number of rotatable bonds is 6. The van der Waals surface area contributed by atoms with Gasteiger partial charge in [-0.2, -0.15) is 0 Å². The van der Waals surface area contributed by atoms with Crippen molar-refractivity contribution in [3.8, 4) is 22.8 Å². The number of hydrogen-bond donors (Lipinski definition) is 0. The van der Waals surface area contributed by atoms with Crippen LogP contribution in [0, 0.1) is 6.92 Å². The van der Waals surface area contributed by atoms with Crippen molar-refractivity contribution >= 4 is 17.6 Å². The van der Waals surface area contributed by atoms with E-state index in [9.17, 15) is 4.79 Å². The predicted octanol–water partition coefficient (Wildman–Crippen LogP) is 3.73. The minimum atomic E-state index is 0.490. The molecule has 2 rings (SSSR count). The van der Waals surface area contributed by atoms with Gasteiger partial charge in [0.1, 0.15) is 0 Å². The number of aromatic nitrogens is 1. The maximum atomic E-state index is 10.8. The number of carbonyl (C=O) groups excluding carboxylic acids is 1. The molecule has 1 heterocycles. The Morgan fingerprint density at radius 1 is 1.20 bits per heavy atom. The van der Waals surface area contributed by atoms with Gasteiger partial charge in [-0.25, -0.2) is 4.98 Å². The molecule has 106 valence electrons. The molecule has 0 aliphatic heterocycles. The molecule has 0 aliphatic carbocycles. The average molecular weight is 291 g/mol. The number of aryl methyl sites for hydroxylation is 1. The zero-order chi connectivity index (χ0) is 14.5. The largest absolute Gasteiger partial charge is 0.490 e. The summed E-state index contributed by atoms with van der Waals surface area (Å²) in [4.78, 5) is 16.2. The molecule has 0 atom stereocenters. The molecule has 5 heteroatoms. The van der Waals surface area contributed by atoms with Crippen LogP contribution in [0.2, 0.25) is 0 Å². The van der Waals surface area contributed by atoms with E-state index in [1.54, 1.807) is 0 Å². The summed E-state index contributed by atoms with van der Waals surface area (Å²) in [6.45, 7) is 6.98. The van der Waals surface area contributed by atoms with Crippen molar-refractivity contribution in [2.45, 2.75) is 20.8 Å². The Labute approximate surface area is 122 Å². The van der Waals surface area contributed by atoms with Crippen LogP contribution in [0.5, 0.6) is 11.5 Å². The monoisotopic (exact) mass is 291 g/mol. The molecule has 0 aliphatic rings. The zero-order valence-corrected chi connectivity index (χ0v) is 12.6. The molecular formula is C15H17NO3S. The molecule has 1 aromatic carbocycles. The molecule has 0 N–H and O–H groups in total. The first-order chi connectivity index (χ1) is 9.69. The lowest BCUT2D eigenvalue weighted by Gasteiger charge is -2.12. The Kier molecular flexibility index (Phi) is 4.74. The SMILES string of the molecule is CCOc1ccc(-c2nc(C=O)sc2C)cc1OCC. The molecule has 2 aromatic rings. The molecule has 0 fully saturated rings. The second kappa shape index (κ2) is 6.52. The third-order valence-electron chi connectivity index (χ3n) is 2.73. The number of aldehydes is 1. The highest BCUT2D eigenvalue weighted by Gasteiger charge is 2.13. The van der Waals surface area contributed by atoms with Gasteiger partial charge in [0, 0.05) is 10.4 Å². The van der Waals surface area contributed by atoms with Gasteiger partial charge in [-0.3, -0.25) is 4.79 Å². The van der Waals surface area contributed by atoms with Crippen molar-refractivity contribution in [3.63, 3.8) is 0 Å². The van der Waals surface area contributed by atoms with Gasteiger partial charge in [0.15, 0.2) is 22.8 Å². The number of hydrogen-bond acceptors (Lipinski definition) is 5. The fourth-order valence-electron chi connectivity index (χ4n) is 1.93. The van der Waals surface area contributed by atoms with Gasteiger partial charge in [-0.05, 0) is 39.0 Å². The summed E-state index contributed by atoms with van der Waals surface area (Å²) in [7, 11) is 0. The summed E-state index contributed by atoms with van der Waals surface area (Å²) in [5.74, 6) is 1.42. The highest BCUT2D eigenvalue weighted by Crippen LogP contribution is 2.34.